The van der Waals surface area contributed by atoms with Crippen LogP contribution >= 0.6 is 11.6 Å². The van der Waals surface area contributed by atoms with Crippen LogP contribution in [0.15, 0.2) is 36.4 Å². The third-order valence-electron chi connectivity index (χ3n) is 2.77. The average molecular weight is 275 g/mol. The number of nitrogens with zero attached hydrogens (tertiary/aromatic N) is 1. The number of benzene rings is 2. The van der Waals surface area contributed by atoms with Gasteiger partial charge in [-0.15, -0.1) is 0 Å². The van der Waals surface area contributed by atoms with Crippen molar-refractivity contribution in [2.45, 2.75) is 13.5 Å². The van der Waals surface area contributed by atoms with Crippen molar-refractivity contribution in [3.63, 3.8) is 0 Å². The minimum absolute atomic E-state index is 0.319. The summed E-state index contributed by atoms with van der Waals surface area (Å²) < 4.78 is 13.3. The summed E-state index contributed by atoms with van der Waals surface area (Å²) in [5.41, 5.74) is 2.99. The number of aryl methyl sites for hydroxylation is 1. The number of nitriles is 1. The Bertz CT molecular complexity index is 647. The Morgan fingerprint density at radius 3 is 2.79 bits per heavy atom. The van der Waals surface area contributed by atoms with Gasteiger partial charge in [0.25, 0.3) is 0 Å². The number of anilines is 1. The van der Waals surface area contributed by atoms with Crippen molar-refractivity contribution in [3.8, 4) is 6.07 Å². The van der Waals surface area contributed by atoms with Crippen LogP contribution in [0.4, 0.5) is 10.1 Å². The van der Waals surface area contributed by atoms with E-state index in [9.17, 15) is 4.39 Å². The quantitative estimate of drug-likeness (QED) is 0.907. The summed E-state index contributed by atoms with van der Waals surface area (Å²) in [6.45, 7) is 2.40. The summed E-state index contributed by atoms with van der Waals surface area (Å²) in [5.74, 6) is -0.404. The molecular formula is C15H12ClFN2. The first-order valence-corrected chi connectivity index (χ1v) is 6.16. The SMILES string of the molecule is Cc1ccc(Cl)cc1NCc1cc(F)cc(C#N)c1. The van der Waals surface area contributed by atoms with E-state index in [1.54, 1.807) is 6.07 Å². The van der Waals surface area contributed by atoms with Gasteiger partial charge in [-0.25, -0.2) is 4.39 Å². The second kappa shape index (κ2) is 5.73. The zero-order valence-electron chi connectivity index (χ0n) is 10.4. The molecule has 0 fully saturated rings. The van der Waals surface area contributed by atoms with Gasteiger partial charge in [0, 0.05) is 17.3 Å². The molecule has 0 radical (unpaired) electrons. The van der Waals surface area contributed by atoms with Crippen LogP contribution in [-0.2, 0) is 6.54 Å². The van der Waals surface area contributed by atoms with Crippen molar-refractivity contribution in [2.24, 2.45) is 0 Å². The molecule has 2 aromatic rings. The van der Waals surface area contributed by atoms with Crippen LogP contribution < -0.4 is 5.32 Å². The molecule has 0 aliphatic rings. The Labute approximate surface area is 116 Å². The molecule has 0 heterocycles. The van der Waals surface area contributed by atoms with Gasteiger partial charge in [-0.1, -0.05) is 17.7 Å². The first kappa shape index (κ1) is 13.4. The lowest BCUT2D eigenvalue weighted by Gasteiger charge is -2.10. The molecule has 2 aromatic carbocycles. The van der Waals surface area contributed by atoms with E-state index in [-0.39, 0.29) is 0 Å². The highest BCUT2D eigenvalue weighted by Gasteiger charge is 2.03. The van der Waals surface area contributed by atoms with Crippen molar-refractivity contribution < 1.29 is 4.39 Å². The maximum Gasteiger partial charge on any atom is 0.124 e. The largest absolute Gasteiger partial charge is 0.381 e. The number of rotatable bonds is 3. The number of hydrogen-bond donors (Lipinski definition) is 1. The molecule has 0 saturated heterocycles. The smallest absolute Gasteiger partial charge is 0.124 e. The Hall–Kier alpha value is -2.05. The van der Waals surface area contributed by atoms with Crippen LogP contribution in [-0.4, -0.2) is 0 Å². The molecule has 0 amide bonds. The first-order chi connectivity index (χ1) is 9.08. The van der Waals surface area contributed by atoms with E-state index in [1.807, 2.05) is 31.2 Å². The van der Waals surface area contributed by atoms with Crippen LogP contribution in [0.3, 0.4) is 0 Å². The monoisotopic (exact) mass is 274 g/mol. The van der Waals surface area contributed by atoms with Crippen LogP contribution in [0.5, 0.6) is 0 Å². The van der Waals surface area contributed by atoms with Crippen LogP contribution in [0.1, 0.15) is 16.7 Å². The van der Waals surface area contributed by atoms with E-state index in [4.69, 9.17) is 16.9 Å². The van der Waals surface area contributed by atoms with Crippen LogP contribution in [0, 0.1) is 24.1 Å². The summed E-state index contributed by atoms with van der Waals surface area (Å²) in [5, 5.41) is 12.6. The van der Waals surface area contributed by atoms with Crippen molar-refractivity contribution in [2.75, 3.05) is 5.32 Å². The zero-order valence-corrected chi connectivity index (χ0v) is 11.1. The Balaban J connectivity index is 2.17. The molecule has 2 nitrogen and oxygen atoms in total. The Morgan fingerprint density at radius 1 is 1.26 bits per heavy atom. The fourth-order valence-corrected chi connectivity index (χ4v) is 1.97. The predicted molar refractivity (Wildman–Crippen MR) is 74.6 cm³/mol. The van der Waals surface area contributed by atoms with E-state index in [1.165, 1.54) is 12.1 Å². The highest BCUT2D eigenvalue weighted by Crippen LogP contribution is 2.21. The molecule has 0 aliphatic heterocycles. The molecule has 0 aromatic heterocycles. The molecule has 4 heteroatoms. The molecule has 0 spiro atoms. The second-order valence-corrected chi connectivity index (χ2v) is 4.71. The van der Waals surface area contributed by atoms with Gasteiger partial charge in [0.05, 0.1) is 11.6 Å². The number of hydrogen-bond acceptors (Lipinski definition) is 2. The number of halogens is 2. The summed E-state index contributed by atoms with van der Waals surface area (Å²) in [7, 11) is 0. The summed E-state index contributed by atoms with van der Waals surface area (Å²) in [6, 6.07) is 11.8. The third kappa shape index (κ3) is 3.46. The lowest BCUT2D eigenvalue weighted by molar-refractivity contribution is 0.625. The second-order valence-electron chi connectivity index (χ2n) is 4.27. The van der Waals surface area contributed by atoms with E-state index in [2.05, 4.69) is 5.32 Å². The zero-order chi connectivity index (χ0) is 13.8. The minimum atomic E-state index is -0.404. The number of nitrogens with one attached hydrogen (secondary N) is 1. The van der Waals surface area contributed by atoms with Gasteiger partial charge < -0.3 is 5.32 Å². The van der Waals surface area contributed by atoms with Gasteiger partial charge in [-0.3, -0.25) is 0 Å². The molecule has 0 bridgehead atoms. The van der Waals surface area contributed by atoms with E-state index in [0.717, 1.165) is 16.8 Å². The molecule has 0 saturated carbocycles. The molecule has 96 valence electrons. The van der Waals surface area contributed by atoms with Gasteiger partial charge >= 0.3 is 0 Å². The maximum atomic E-state index is 13.3. The molecule has 0 atom stereocenters. The first-order valence-electron chi connectivity index (χ1n) is 5.78. The van der Waals surface area contributed by atoms with E-state index in [0.29, 0.717) is 17.1 Å². The van der Waals surface area contributed by atoms with Crippen LogP contribution in [0.2, 0.25) is 5.02 Å². The fourth-order valence-electron chi connectivity index (χ4n) is 1.80. The lowest BCUT2D eigenvalue weighted by Crippen LogP contribution is -2.02. The van der Waals surface area contributed by atoms with Gasteiger partial charge in [0.2, 0.25) is 0 Å². The van der Waals surface area contributed by atoms with Crippen LogP contribution in [0.25, 0.3) is 0 Å². The fraction of sp³-hybridized carbons (Fsp3) is 0.133. The summed E-state index contributed by atoms with van der Waals surface area (Å²) in [6.07, 6.45) is 0. The van der Waals surface area contributed by atoms with E-state index < -0.39 is 5.82 Å². The maximum absolute atomic E-state index is 13.3. The average Bonchev–Trinajstić information content (AvgIpc) is 2.39. The summed E-state index contributed by atoms with van der Waals surface area (Å²) in [4.78, 5) is 0. The van der Waals surface area contributed by atoms with Gasteiger partial charge in [-0.05, 0) is 48.4 Å². The molecule has 1 N–H and O–H groups in total. The van der Waals surface area contributed by atoms with Gasteiger partial charge in [0.1, 0.15) is 5.82 Å². The van der Waals surface area contributed by atoms with Crippen molar-refractivity contribution in [3.05, 3.63) is 63.9 Å². The highest BCUT2D eigenvalue weighted by atomic mass is 35.5. The van der Waals surface area contributed by atoms with Crippen molar-refractivity contribution >= 4 is 17.3 Å². The topological polar surface area (TPSA) is 35.8 Å². The Morgan fingerprint density at radius 2 is 2.05 bits per heavy atom. The molecule has 19 heavy (non-hydrogen) atoms. The molecule has 0 unspecified atom stereocenters. The molecule has 0 aliphatic carbocycles. The normalized spacial score (nSPS) is 10.0. The van der Waals surface area contributed by atoms with Gasteiger partial charge in [-0.2, -0.15) is 5.26 Å². The molecule has 2 rings (SSSR count). The highest BCUT2D eigenvalue weighted by molar-refractivity contribution is 6.30. The van der Waals surface area contributed by atoms with E-state index >= 15 is 0 Å². The van der Waals surface area contributed by atoms with Gasteiger partial charge in [0.15, 0.2) is 0 Å². The lowest BCUT2D eigenvalue weighted by atomic mass is 10.1. The van der Waals surface area contributed by atoms with Crippen molar-refractivity contribution in [1.82, 2.24) is 0 Å². The Kier molecular flexibility index (Phi) is 4.03. The predicted octanol–water partition coefficient (Wildman–Crippen LogP) is 4.27. The van der Waals surface area contributed by atoms with Crippen molar-refractivity contribution in [1.29, 1.82) is 5.26 Å². The summed E-state index contributed by atoms with van der Waals surface area (Å²) >= 11 is 5.93. The standard InChI is InChI=1S/C15H12ClFN2/c1-10-2-3-13(16)7-15(10)19-9-12-4-11(8-18)5-14(17)6-12/h2-7,19H,9H2,1H3. The third-order valence-corrected chi connectivity index (χ3v) is 3.00. The molecular weight excluding hydrogens is 263 g/mol. The minimum Gasteiger partial charge on any atom is -0.381 e.